The lowest BCUT2D eigenvalue weighted by Gasteiger charge is -1.72. The van der Waals surface area contributed by atoms with E-state index in [2.05, 4.69) is 23.7 Å². The van der Waals surface area contributed by atoms with Crippen LogP contribution in [0.4, 0.5) is 0 Å². The first kappa shape index (κ1) is 10.3. The number of carbonyl (C=O) groups is 1. The Morgan fingerprint density at radius 3 is 2.83 bits per heavy atom. The molecule has 0 rings (SSSR count). The third-order valence-corrected chi connectivity index (χ3v) is 0.907. The topological polar surface area (TPSA) is 37.3 Å². The number of aliphatic carboxylic acids is 1. The van der Waals surface area contributed by atoms with Crippen molar-refractivity contribution >= 4 is 5.97 Å². The van der Waals surface area contributed by atoms with E-state index in [0.29, 0.717) is 0 Å². The molecule has 0 aromatic rings. The largest absolute Gasteiger partial charge is 0.478 e. The second-order valence-corrected chi connectivity index (χ2v) is 1.99. The second-order valence-electron chi connectivity index (χ2n) is 1.99. The SMILES string of the molecule is CCCC#CC#C/C=C/C(=O)O. The van der Waals surface area contributed by atoms with Gasteiger partial charge in [-0.1, -0.05) is 18.8 Å². The molecule has 2 nitrogen and oxygen atoms in total. The van der Waals surface area contributed by atoms with Crippen molar-refractivity contribution in [1.29, 1.82) is 0 Å². The number of rotatable bonds is 2. The van der Waals surface area contributed by atoms with Gasteiger partial charge in [-0.2, -0.15) is 0 Å². The molecule has 0 aromatic heterocycles. The smallest absolute Gasteiger partial charge is 0.328 e. The first-order chi connectivity index (χ1) is 5.77. The Labute approximate surface area is 72.3 Å². The predicted molar refractivity (Wildman–Crippen MR) is 47.2 cm³/mol. The molecule has 0 unspecified atom stereocenters. The maximum atomic E-state index is 9.94. The van der Waals surface area contributed by atoms with Crippen LogP contribution in [0.2, 0.25) is 0 Å². The van der Waals surface area contributed by atoms with Crippen molar-refractivity contribution in [2.45, 2.75) is 19.8 Å². The van der Waals surface area contributed by atoms with Gasteiger partial charge in [0.05, 0.1) is 0 Å². The summed E-state index contributed by atoms with van der Waals surface area (Å²) < 4.78 is 0. The molecule has 2 heteroatoms. The summed E-state index contributed by atoms with van der Waals surface area (Å²) in [6.45, 7) is 2.03. The van der Waals surface area contributed by atoms with Crippen molar-refractivity contribution in [3.8, 4) is 23.7 Å². The van der Waals surface area contributed by atoms with E-state index in [1.165, 1.54) is 6.08 Å². The van der Waals surface area contributed by atoms with Crippen molar-refractivity contribution in [2.24, 2.45) is 0 Å². The maximum absolute atomic E-state index is 9.94. The van der Waals surface area contributed by atoms with Crippen LogP contribution in [-0.4, -0.2) is 11.1 Å². The van der Waals surface area contributed by atoms with Crippen LogP contribution in [0.5, 0.6) is 0 Å². The third kappa shape index (κ3) is 8.33. The Morgan fingerprint density at radius 2 is 2.25 bits per heavy atom. The maximum Gasteiger partial charge on any atom is 0.328 e. The summed E-state index contributed by atoms with van der Waals surface area (Å²) in [5, 5.41) is 8.16. The van der Waals surface area contributed by atoms with Gasteiger partial charge in [-0.3, -0.25) is 0 Å². The van der Waals surface area contributed by atoms with E-state index in [9.17, 15) is 4.79 Å². The van der Waals surface area contributed by atoms with Gasteiger partial charge in [-0.25, -0.2) is 4.79 Å². The summed E-state index contributed by atoms with van der Waals surface area (Å²) in [5.74, 6) is 9.43. The summed E-state index contributed by atoms with van der Waals surface area (Å²) in [7, 11) is 0. The molecule has 0 saturated carbocycles. The number of allylic oxidation sites excluding steroid dienone is 1. The predicted octanol–water partition coefficient (Wildman–Crippen LogP) is 1.43. The Bertz CT molecular complexity index is 278. The molecule has 0 fully saturated rings. The van der Waals surface area contributed by atoms with Gasteiger partial charge in [0.15, 0.2) is 0 Å². The average molecular weight is 162 g/mol. The van der Waals surface area contributed by atoms with Crippen molar-refractivity contribution in [3.05, 3.63) is 12.2 Å². The highest BCUT2D eigenvalue weighted by Crippen LogP contribution is 1.79. The van der Waals surface area contributed by atoms with Crippen molar-refractivity contribution in [2.75, 3.05) is 0 Å². The molecule has 0 aliphatic carbocycles. The van der Waals surface area contributed by atoms with Gasteiger partial charge >= 0.3 is 5.97 Å². The zero-order valence-electron chi connectivity index (χ0n) is 6.92. The highest BCUT2D eigenvalue weighted by atomic mass is 16.4. The lowest BCUT2D eigenvalue weighted by molar-refractivity contribution is -0.131. The minimum absolute atomic E-state index is 0.831. The molecule has 12 heavy (non-hydrogen) atoms. The number of carboxylic acid groups (broad SMARTS) is 1. The molecule has 0 radical (unpaired) electrons. The van der Waals surface area contributed by atoms with Crippen LogP contribution >= 0.6 is 0 Å². The zero-order chi connectivity index (χ0) is 9.23. The Kier molecular flexibility index (Phi) is 6.40. The van der Waals surface area contributed by atoms with E-state index >= 15 is 0 Å². The third-order valence-electron chi connectivity index (χ3n) is 0.907. The van der Waals surface area contributed by atoms with Crippen LogP contribution in [0.1, 0.15) is 19.8 Å². The van der Waals surface area contributed by atoms with E-state index in [1.807, 2.05) is 6.92 Å². The standard InChI is InChI=1S/C10H10O2/c1-2-3-4-5-6-7-8-9-10(11)12/h8-9H,2-3H2,1H3,(H,11,12)/b9-8+. The van der Waals surface area contributed by atoms with Crippen LogP contribution in [0.25, 0.3) is 0 Å². The molecule has 1 N–H and O–H groups in total. The van der Waals surface area contributed by atoms with Crippen LogP contribution < -0.4 is 0 Å². The van der Waals surface area contributed by atoms with Crippen LogP contribution in [-0.2, 0) is 4.79 Å². The fourth-order valence-electron chi connectivity index (χ4n) is 0.422. The minimum Gasteiger partial charge on any atom is -0.478 e. The van der Waals surface area contributed by atoms with Crippen molar-refractivity contribution in [1.82, 2.24) is 0 Å². The molecule has 0 aliphatic rings. The lowest BCUT2D eigenvalue weighted by Crippen LogP contribution is -1.84. The molecule has 0 heterocycles. The van der Waals surface area contributed by atoms with E-state index in [0.717, 1.165) is 18.9 Å². The molecule has 62 valence electrons. The van der Waals surface area contributed by atoms with Crippen molar-refractivity contribution in [3.63, 3.8) is 0 Å². The van der Waals surface area contributed by atoms with Gasteiger partial charge in [0.1, 0.15) is 0 Å². The molecule has 0 aliphatic heterocycles. The highest BCUT2D eigenvalue weighted by Gasteiger charge is 1.79. The number of unbranched alkanes of at least 4 members (excludes halogenated alkanes) is 1. The molecule has 0 bridgehead atoms. The highest BCUT2D eigenvalue weighted by molar-refractivity contribution is 5.80. The van der Waals surface area contributed by atoms with Crippen molar-refractivity contribution < 1.29 is 9.90 Å². The molecule has 0 spiro atoms. The van der Waals surface area contributed by atoms with Gasteiger partial charge in [-0.05, 0) is 24.3 Å². The molecule has 0 aromatic carbocycles. The Hall–Kier alpha value is -1.67. The monoisotopic (exact) mass is 162 g/mol. The minimum atomic E-state index is -0.995. The van der Waals surface area contributed by atoms with Crippen LogP contribution in [0, 0.1) is 23.7 Å². The van der Waals surface area contributed by atoms with Gasteiger partial charge in [0.25, 0.3) is 0 Å². The fourth-order valence-corrected chi connectivity index (χ4v) is 0.422. The van der Waals surface area contributed by atoms with Crippen LogP contribution in [0.15, 0.2) is 12.2 Å². The van der Waals surface area contributed by atoms with Crippen LogP contribution in [0.3, 0.4) is 0 Å². The molecule has 0 amide bonds. The summed E-state index contributed by atoms with van der Waals surface area (Å²) in [6, 6.07) is 0. The van der Waals surface area contributed by atoms with Gasteiger partial charge < -0.3 is 5.11 Å². The van der Waals surface area contributed by atoms with E-state index in [4.69, 9.17) is 5.11 Å². The number of hydrogen-bond donors (Lipinski definition) is 1. The molecular weight excluding hydrogens is 152 g/mol. The fraction of sp³-hybridized carbons (Fsp3) is 0.300. The zero-order valence-corrected chi connectivity index (χ0v) is 6.92. The molecular formula is C10H10O2. The first-order valence-electron chi connectivity index (χ1n) is 3.65. The average Bonchev–Trinajstić information content (AvgIpc) is 2.02. The summed E-state index contributed by atoms with van der Waals surface area (Å²) >= 11 is 0. The second kappa shape index (κ2) is 7.44. The molecule has 0 atom stereocenters. The lowest BCUT2D eigenvalue weighted by atomic mass is 10.3. The van der Waals surface area contributed by atoms with Gasteiger partial charge in [0, 0.05) is 12.5 Å². The Balaban J connectivity index is 3.76. The number of carboxylic acids is 1. The van der Waals surface area contributed by atoms with Gasteiger partial charge in [-0.15, -0.1) is 0 Å². The van der Waals surface area contributed by atoms with E-state index in [1.54, 1.807) is 0 Å². The quantitative estimate of drug-likeness (QED) is 0.492. The Morgan fingerprint density at radius 1 is 1.50 bits per heavy atom. The first-order valence-corrected chi connectivity index (χ1v) is 3.65. The normalized spacial score (nSPS) is 8.08. The van der Waals surface area contributed by atoms with E-state index in [-0.39, 0.29) is 0 Å². The van der Waals surface area contributed by atoms with E-state index < -0.39 is 5.97 Å². The summed E-state index contributed by atoms with van der Waals surface area (Å²) in [5.41, 5.74) is 0. The van der Waals surface area contributed by atoms with Gasteiger partial charge in [0.2, 0.25) is 0 Å². The number of hydrogen-bond acceptors (Lipinski definition) is 1. The summed E-state index contributed by atoms with van der Waals surface area (Å²) in [6.07, 6.45) is 4.09. The summed E-state index contributed by atoms with van der Waals surface area (Å²) in [4.78, 5) is 9.94. The molecule has 0 saturated heterocycles.